The number of rotatable bonds is 4. The third-order valence-corrected chi connectivity index (χ3v) is 6.96. The summed E-state index contributed by atoms with van der Waals surface area (Å²) in [5.74, 6) is -0.0397. The summed E-state index contributed by atoms with van der Waals surface area (Å²) in [6.45, 7) is 2.09. The third kappa shape index (κ3) is 3.52. The molecule has 1 aliphatic heterocycles. The molecule has 1 N–H and O–H groups in total. The fourth-order valence-electron chi connectivity index (χ4n) is 3.72. The molecule has 28 heavy (non-hydrogen) atoms. The second-order valence-corrected chi connectivity index (χ2v) is 9.51. The van der Waals surface area contributed by atoms with Gasteiger partial charge in [-0.15, -0.1) is 0 Å². The summed E-state index contributed by atoms with van der Waals surface area (Å²) in [7, 11) is -1.10. The summed E-state index contributed by atoms with van der Waals surface area (Å²) in [6.07, 6.45) is 4.14. The average molecular weight is 398 g/mol. The van der Waals surface area contributed by atoms with E-state index in [0.717, 1.165) is 27.7 Å². The number of hydrogen-bond acceptors (Lipinski definition) is 5. The van der Waals surface area contributed by atoms with Gasteiger partial charge in [-0.05, 0) is 19.4 Å². The lowest BCUT2D eigenvalue weighted by atomic mass is 10.1. The molecular weight excluding hydrogens is 376 g/mol. The van der Waals surface area contributed by atoms with Crippen LogP contribution >= 0.6 is 0 Å². The molecule has 0 radical (unpaired) electrons. The Bertz CT molecular complexity index is 1170. The summed E-state index contributed by atoms with van der Waals surface area (Å²) in [4.78, 5) is 21.3. The number of amides is 1. The van der Waals surface area contributed by atoms with Gasteiger partial charge in [0.15, 0.2) is 9.84 Å². The van der Waals surface area contributed by atoms with Crippen molar-refractivity contribution >= 4 is 26.6 Å². The highest BCUT2D eigenvalue weighted by atomic mass is 32.2. The summed E-state index contributed by atoms with van der Waals surface area (Å²) >= 11 is 0. The van der Waals surface area contributed by atoms with Crippen LogP contribution in [0, 0.1) is 12.8 Å². The zero-order chi connectivity index (χ0) is 19.9. The van der Waals surface area contributed by atoms with Crippen molar-refractivity contribution in [2.45, 2.75) is 19.9 Å². The van der Waals surface area contributed by atoms with Gasteiger partial charge in [0, 0.05) is 48.0 Å². The van der Waals surface area contributed by atoms with Crippen LogP contribution in [-0.4, -0.2) is 40.4 Å². The fraction of sp³-hybridized carbons (Fsp3) is 0.350. The standard InChI is InChI=1S/C20H22N4O3S/c1-13-21-9-15(10-22-20(25)14-7-8-28(26,27)12-14)19(23-13)17-11-24(2)18-6-4-3-5-16(17)18/h3-6,9,11,14H,7-8,10,12H2,1-2H3,(H,22,25). The number of nitrogens with zero attached hydrogens (tertiary/aromatic N) is 3. The number of benzene rings is 1. The van der Waals surface area contributed by atoms with E-state index in [1.54, 1.807) is 6.20 Å². The van der Waals surface area contributed by atoms with Crippen molar-refractivity contribution in [3.05, 3.63) is 48.0 Å². The van der Waals surface area contributed by atoms with Crippen LogP contribution in [0.4, 0.5) is 0 Å². The van der Waals surface area contributed by atoms with E-state index in [1.807, 2.05) is 42.9 Å². The molecule has 146 valence electrons. The minimum Gasteiger partial charge on any atom is -0.352 e. The zero-order valence-electron chi connectivity index (χ0n) is 15.8. The maximum atomic E-state index is 12.4. The smallest absolute Gasteiger partial charge is 0.224 e. The maximum Gasteiger partial charge on any atom is 0.224 e. The van der Waals surface area contributed by atoms with Crippen molar-refractivity contribution in [2.75, 3.05) is 11.5 Å². The number of aromatic nitrogens is 3. The van der Waals surface area contributed by atoms with E-state index in [1.165, 1.54) is 0 Å². The molecule has 3 aromatic rings. The highest BCUT2D eigenvalue weighted by Gasteiger charge is 2.32. The van der Waals surface area contributed by atoms with Gasteiger partial charge in [-0.3, -0.25) is 4.79 Å². The molecule has 3 heterocycles. The monoisotopic (exact) mass is 398 g/mol. The van der Waals surface area contributed by atoms with Crippen molar-refractivity contribution in [3.63, 3.8) is 0 Å². The molecule has 0 saturated carbocycles. The highest BCUT2D eigenvalue weighted by Crippen LogP contribution is 2.31. The molecule has 1 amide bonds. The molecule has 0 aliphatic carbocycles. The molecule has 7 nitrogen and oxygen atoms in total. The number of sulfone groups is 1. The predicted molar refractivity (Wildman–Crippen MR) is 107 cm³/mol. The molecule has 1 atom stereocenters. The van der Waals surface area contributed by atoms with Crippen LogP contribution in [0.25, 0.3) is 22.2 Å². The summed E-state index contributed by atoms with van der Waals surface area (Å²) in [6, 6.07) is 8.08. The number of aryl methyl sites for hydroxylation is 2. The predicted octanol–water partition coefficient (Wildman–Crippen LogP) is 1.99. The molecule has 1 aliphatic rings. The van der Waals surface area contributed by atoms with Crippen LogP contribution in [0.15, 0.2) is 36.7 Å². The van der Waals surface area contributed by atoms with E-state index in [9.17, 15) is 13.2 Å². The SMILES string of the molecule is Cc1ncc(CNC(=O)C2CCS(=O)(=O)C2)c(-c2cn(C)c3ccccc23)n1. The van der Waals surface area contributed by atoms with E-state index >= 15 is 0 Å². The van der Waals surface area contributed by atoms with Crippen LogP contribution < -0.4 is 5.32 Å². The van der Waals surface area contributed by atoms with Crippen molar-refractivity contribution < 1.29 is 13.2 Å². The van der Waals surface area contributed by atoms with E-state index in [0.29, 0.717) is 12.2 Å². The number of carbonyl (C=O) groups excluding carboxylic acids is 1. The van der Waals surface area contributed by atoms with Gasteiger partial charge in [0.05, 0.1) is 23.1 Å². The van der Waals surface area contributed by atoms with Gasteiger partial charge in [-0.2, -0.15) is 0 Å². The van der Waals surface area contributed by atoms with Gasteiger partial charge < -0.3 is 9.88 Å². The molecule has 0 bridgehead atoms. The van der Waals surface area contributed by atoms with Crippen LogP contribution in [0.2, 0.25) is 0 Å². The molecule has 1 aromatic carbocycles. The summed E-state index contributed by atoms with van der Waals surface area (Å²) in [5, 5.41) is 3.95. The first-order valence-electron chi connectivity index (χ1n) is 9.19. The van der Waals surface area contributed by atoms with Gasteiger partial charge in [-0.25, -0.2) is 18.4 Å². The van der Waals surface area contributed by atoms with Gasteiger partial charge in [0.2, 0.25) is 5.91 Å². The Morgan fingerprint density at radius 1 is 1.32 bits per heavy atom. The Balaban J connectivity index is 1.63. The van der Waals surface area contributed by atoms with E-state index < -0.39 is 15.8 Å². The molecule has 1 saturated heterocycles. The first-order chi connectivity index (χ1) is 13.3. The van der Waals surface area contributed by atoms with Gasteiger partial charge >= 0.3 is 0 Å². The largest absolute Gasteiger partial charge is 0.352 e. The minimum absolute atomic E-state index is 0.0700. The summed E-state index contributed by atoms with van der Waals surface area (Å²) in [5.41, 5.74) is 3.66. The lowest BCUT2D eigenvalue weighted by molar-refractivity contribution is -0.124. The van der Waals surface area contributed by atoms with Crippen LogP contribution in [0.3, 0.4) is 0 Å². The van der Waals surface area contributed by atoms with Gasteiger partial charge in [0.1, 0.15) is 5.82 Å². The average Bonchev–Trinajstić information content (AvgIpc) is 3.20. The third-order valence-electron chi connectivity index (χ3n) is 5.19. The molecule has 4 rings (SSSR count). The highest BCUT2D eigenvalue weighted by molar-refractivity contribution is 7.91. The molecule has 1 unspecified atom stereocenters. The molecule has 1 fully saturated rings. The number of nitrogens with one attached hydrogen (secondary N) is 1. The topological polar surface area (TPSA) is 94.0 Å². The van der Waals surface area contributed by atoms with Crippen LogP contribution in [-0.2, 0) is 28.2 Å². The fourth-order valence-corrected chi connectivity index (χ4v) is 5.46. The summed E-state index contributed by atoms with van der Waals surface area (Å²) < 4.78 is 25.3. The van der Waals surface area contributed by atoms with Crippen LogP contribution in [0.1, 0.15) is 17.8 Å². The normalized spacial score (nSPS) is 18.4. The molecule has 2 aromatic heterocycles. The van der Waals surface area contributed by atoms with Crippen molar-refractivity contribution in [2.24, 2.45) is 13.0 Å². The Morgan fingerprint density at radius 3 is 2.86 bits per heavy atom. The first-order valence-corrected chi connectivity index (χ1v) is 11.0. The molecular formula is C20H22N4O3S. The minimum atomic E-state index is -3.09. The first kappa shape index (κ1) is 18.6. The maximum absolute atomic E-state index is 12.4. The number of para-hydroxylation sites is 1. The Hall–Kier alpha value is -2.74. The number of hydrogen-bond donors (Lipinski definition) is 1. The second-order valence-electron chi connectivity index (χ2n) is 7.28. The lowest BCUT2D eigenvalue weighted by Crippen LogP contribution is -2.31. The van der Waals surface area contributed by atoms with E-state index in [-0.39, 0.29) is 24.0 Å². The van der Waals surface area contributed by atoms with Gasteiger partial charge in [0.25, 0.3) is 0 Å². The van der Waals surface area contributed by atoms with Crippen molar-refractivity contribution in [1.29, 1.82) is 0 Å². The van der Waals surface area contributed by atoms with Gasteiger partial charge in [-0.1, -0.05) is 18.2 Å². The van der Waals surface area contributed by atoms with Crippen LogP contribution in [0.5, 0.6) is 0 Å². The van der Waals surface area contributed by atoms with E-state index in [4.69, 9.17) is 0 Å². The molecule has 8 heteroatoms. The molecule has 0 spiro atoms. The lowest BCUT2D eigenvalue weighted by Gasteiger charge is -2.12. The Kier molecular flexibility index (Phi) is 4.66. The van der Waals surface area contributed by atoms with Crippen molar-refractivity contribution in [3.8, 4) is 11.3 Å². The second kappa shape index (κ2) is 7.01. The Morgan fingerprint density at radius 2 is 2.11 bits per heavy atom. The van der Waals surface area contributed by atoms with Crippen molar-refractivity contribution in [1.82, 2.24) is 19.9 Å². The van der Waals surface area contributed by atoms with E-state index in [2.05, 4.69) is 21.4 Å². The Labute approximate surface area is 163 Å². The quantitative estimate of drug-likeness (QED) is 0.725. The number of carbonyl (C=O) groups is 1. The zero-order valence-corrected chi connectivity index (χ0v) is 16.7. The number of fused-ring (bicyclic) bond motifs is 1.